The fraction of sp³-hybridized carbons (Fsp3) is 0.667. The van der Waals surface area contributed by atoms with E-state index in [1.807, 2.05) is 13.8 Å². The maximum Gasteiger partial charge on any atom is 0.136 e. The van der Waals surface area contributed by atoms with Gasteiger partial charge in [0, 0.05) is 17.2 Å². The van der Waals surface area contributed by atoms with Crippen molar-refractivity contribution in [2.45, 2.75) is 51.3 Å². The fourth-order valence-corrected chi connectivity index (χ4v) is 2.40. The Morgan fingerprint density at radius 1 is 1.25 bits per heavy atom. The third-order valence-electron chi connectivity index (χ3n) is 2.64. The van der Waals surface area contributed by atoms with Crippen molar-refractivity contribution in [1.82, 2.24) is 9.97 Å². The first-order valence-corrected chi connectivity index (χ1v) is 6.91. The molecule has 0 radical (unpaired) electrons. The molecule has 1 aromatic rings. The van der Waals surface area contributed by atoms with Crippen molar-refractivity contribution in [1.29, 1.82) is 0 Å². The van der Waals surface area contributed by atoms with Gasteiger partial charge in [0.2, 0.25) is 0 Å². The normalized spacial score (nSPS) is 13.2. The van der Waals surface area contributed by atoms with Gasteiger partial charge in [-0.25, -0.2) is 9.97 Å². The van der Waals surface area contributed by atoms with Crippen molar-refractivity contribution in [2.24, 2.45) is 5.92 Å². The molecule has 0 amide bonds. The smallest absolute Gasteiger partial charge is 0.136 e. The van der Waals surface area contributed by atoms with E-state index < -0.39 is 0 Å². The molecule has 90 valence electrons. The SMILES string of the molecule is CCc1nc(Cl)c(C)c(SC(C)C(C)C)n1. The molecular weight excluding hydrogens is 240 g/mol. The minimum atomic E-state index is 0.536. The monoisotopic (exact) mass is 258 g/mol. The Morgan fingerprint density at radius 3 is 2.38 bits per heavy atom. The van der Waals surface area contributed by atoms with Crippen LogP contribution in [0.15, 0.2) is 5.03 Å². The molecule has 1 atom stereocenters. The zero-order valence-electron chi connectivity index (χ0n) is 10.5. The molecule has 1 aromatic heterocycles. The Bertz CT molecular complexity index is 366. The van der Waals surface area contributed by atoms with E-state index >= 15 is 0 Å². The first kappa shape index (κ1) is 13.8. The summed E-state index contributed by atoms with van der Waals surface area (Å²) in [6, 6.07) is 0. The second-order valence-corrected chi connectivity index (χ2v) is 6.01. The summed E-state index contributed by atoms with van der Waals surface area (Å²) in [4.78, 5) is 8.79. The van der Waals surface area contributed by atoms with Crippen LogP contribution in [0.5, 0.6) is 0 Å². The van der Waals surface area contributed by atoms with Gasteiger partial charge in [-0.15, -0.1) is 11.8 Å². The Balaban J connectivity index is 2.98. The third-order valence-corrected chi connectivity index (χ3v) is 4.55. The van der Waals surface area contributed by atoms with Crippen LogP contribution in [0, 0.1) is 12.8 Å². The Labute approximate surface area is 107 Å². The van der Waals surface area contributed by atoms with Crippen molar-refractivity contribution >= 4 is 23.4 Å². The van der Waals surface area contributed by atoms with Gasteiger partial charge < -0.3 is 0 Å². The summed E-state index contributed by atoms with van der Waals surface area (Å²) in [7, 11) is 0. The largest absolute Gasteiger partial charge is 0.226 e. The van der Waals surface area contributed by atoms with Crippen LogP contribution >= 0.6 is 23.4 Å². The molecule has 1 rings (SSSR count). The molecule has 0 aromatic carbocycles. The van der Waals surface area contributed by atoms with Gasteiger partial charge >= 0.3 is 0 Å². The van der Waals surface area contributed by atoms with Crippen LogP contribution < -0.4 is 0 Å². The molecule has 0 aliphatic carbocycles. The van der Waals surface area contributed by atoms with Gasteiger partial charge in [0.15, 0.2) is 0 Å². The Kier molecular flexibility index (Phi) is 5.06. The molecule has 0 fully saturated rings. The lowest BCUT2D eigenvalue weighted by Crippen LogP contribution is -2.08. The number of aryl methyl sites for hydroxylation is 1. The quantitative estimate of drug-likeness (QED) is 0.600. The average molecular weight is 259 g/mol. The fourth-order valence-electron chi connectivity index (χ4n) is 1.10. The number of aromatic nitrogens is 2. The summed E-state index contributed by atoms with van der Waals surface area (Å²) in [6.07, 6.45) is 0.823. The van der Waals surface area contributed by atoms with Crippen LogP contribution in [0.25, 0.3) is 0 Å². The molecule has 0 bridgehead atoms. The van der Waals surface area contributed by atoms with E-state index in [9.17, 15) is 0 Å². The lowest BCUT2D eigenvalue weighted by atomic mass is 10.2. The predicted octanol–water partition coefficient (Wildman–Crippen LogP) is 4.14. The van der Waals surface area contributed by atoms with Gasteiger partial charge in [-0.1, -0.05) is 39.3 Å². The molecule has 0 aliphatic heterocycles. The standard InChI is InChI=1S/C12H19ClN2S/c1-6-10-14-11(13)8(4)12(15-10)16-9(5)7(2)3/h7,9H,6H2,1-5H3. The van der Waals surface area contributed by atoms with Crippen LogP contribution in [-0.4, -0.2) is 15.2 Å². The highest BCUT2D eigenvalue weighted by molar-refractivity contribution is 7.99. The maximum absolute atomic E-state index is 6.10. The van der Waals surface area contributed by atoms with E-state index in [-0.39, 0.29) is 0 Å². The van der Waals surface area contributed by atoms with Gasteiger partial charge in [-0.2, -0.15) is 0 Å². The second-order valence-electron chi connectivity index (χ2n) is 4.28. The van der Waals surface area contributed by atoms with E-state index in [0.29, 0.717) is 16.3 Å². The zero-order chi connectivity index (χ0) is 12.3. The van der Waals surface area contributed by atoms with Gasteiger partial charge in [0.25, 0.3) is 0 Å². The molecule has 0 saturated carbocycles. The lowest BCUT2D eigenvalue weighted by Gasteiger charge is -2.16. The number of rotatable bonds is 4. The highest BCUT2D eigenvalue weighted by Crippen LogP contribution is 2.31. The van der Waals surface area contributed by atoms with E-state index in [0.717, 1.165) is 22.8 Å². The zero-order valence-corrected chi connectivity index (χ0v) is 12.1. The molecule has 1 heterocycles. The summed E-state index contributed by atoms with van der Waals surface area (Å²) in [5, 5.41) is 2.15. The van der Waals surface area contributed by atoms with Crippen LogP contribution in [0.3, 0.4) is 0 Å². The molecule has 0 N–H and O–H groups in total. The minimum absolute atomic E-state index is 0.536. The van der Waals surface area contributed by atoms with Gasteiger partial charge in [-0.3, -0.25) is 0 Å². The summed E-state index contributed by atoms with van der Waals surface area (Å²) in [5.41, 5.74) is 0.997. The van der Waals surface area contributed by atoms with Crippen molar-refractivity contribution in [3.63, 3.8) is 0 Å². The molecular formula is C12H19ClN2S. The first-order chi connectivity index (χ1) is 7.45. The number of hydrogen-bond acceptors (Lipinski definition) is 3. The highest BCUT2D eigenvalue weighted by Gasteiger charge is 2.14. The molecule has 0 saturated heterocycles. The molecule has 16 heavy (non-hydrogen) atoms. The summed E-state index contributed by atoms with van der Waals surface area (Å²) in [6.45, 7) is 10.7. The molecule has 4 heteroatoms. The Hall–Kier alpha value is -0.280. The molecule has 2 nitrogen and oxygen atoms in total. The number of halogens is 1. The first-order valence-electron chi connectivity index (χ1n) is 5.65. The third kappa shape index (κ3) is 3.36. The van der Waals surface area contributed by atoms with Gasteiger partial charge in [0.1, 0.15) is 16.0 Å². The van der Waals surface area contributed by atoms with Crippen LogP contribution in [0.2, 0.25) is 5.15 Å². The predicted molar refractivity (Wildman–Crippen MR) is 71.3 cm³/mol. The average Bonchev–Trinajstić information content (AvgIpc) is 2.24. The topological polar surface area (TPSA) is 25.8 Å². The number of hydrogen-bond donors (Lipinski definition) is 0. The van der Waals surface area contributed by atoms with Crippen molar-refractivity contribution in [3.05, 3.63) is 16.5 Å². The van der Waals surface area contributed by atoms with Crippen molar-refractivity contribution in [2.75, 3.05) is 0 Å². The van der Waals surface area contributed by atoms with Gasteiger partial charge in [0.05, 0.1) is 0 Å². The van der Waals surface area contributed by atoms with Crippen LogP contribution in [0.1, 0.15) is 39.1 Å². The highest BCUT2D eigenvalue weighted by atomic mass is 35.5. The molecule has 1 unspecified atom stereocenters. The lowest BCUT2D eigenvalue weighted by molar-refractivity contribution is 0.641. The minimum Gasteiger partial charge on any atom is -0.226 e. The van der Waals surface area contributed by atoms with Crippen molar-refractivity contribution in [3.8, 4) is 0 Å². The van der Waals surface area contributed by atoms with E-state index in [4.69, 9.17) is 11.6 Å². The molecule has 0 aliphatic rings. The summed E-state index contributed by atoms with van der Waals surface area (Å²) in [5.74, 6) is 1.46. The van der Waals surface area contributed by atoms with E-state index in [2.05, 4.69) is 30.7 Å². The van der Waals surface area contributed by atoms with E-state index in [1.54, 1.807) is 11.8 Å². The number of thioether (sulfide) groups is 1. The summed E-state index contributed by atoms with van der Waals surface area (Å²) >= 11 is 7.88. The second kappa shape index (κ2) is 5.87. The van der Waals surface area contributed by atoms with Crippen LogP contribution in [-0.2, 0) is 6.42 Å². The maximum atomic E-state index is 6.10. The van der Waals surface area contributed by atoms with Crippen LogP contribution in [0.4, 0.5) is 0 Å². The van der Waals surface area contributed by atoms with Gasteiger partial charge in [-0.05, 0) is 12.8 Å². The Morgan fingerprint density at radius 2 is 1.88 bits per heavy atom. The molecule has 0 spiro atoms. The number of nitrogens with zero attached hydrogens (tertiary/aromatic N) is 2. The van der Waals surface area contributed by atoms with E-state index in [1.165, 1.54) is 0 Å². The summed E-state index contributed by atoms with van der Waals surface area (Å²) < 4.78 is 0. The van der Waals surface area contributed by atoms with Crippen molar-refractivity contribution < 1.29 is 0 Å².